The molecule has 0 aliphatic carbocycles. The fourth-order valence-corrected chi connectivity index (χ4v) is 3.32. The van der Waals surface area contributed by atoms with Crippen molar-refractivity contribution in [2.24, 2.45) is 7.05 Å². The molecule has 0 unspecified atom stereocenters. The molecule has 4 aromatic rings. The predicted octanol–water partition coefficient (Wildman–Crippen LogP) is 3.88. The van der Waals surface area contributed by atoms with E-state index in [1.54, 1.807) is 13.2 Å². The first-order chi connectivity index (χ1) is 14.4. The van der Waals surface area contributed by atoms with Crippen LogP contribution in [-0.4, -0.2) is 24.8 Å². The van der Waals surface area contributed by atoms with Gasteiger partial charge < -0.3 is 4.74 Å². The molecule has 0 aliphatic rings. The highest BCUT2D eigenvalue weighted by atomic mass is 35.5. The molecular formula is C22H20ClN5O2. The number of pyridine rings is 1. The zero-order valence-corrected chi connectivity index (χ0v) is 17.6. The third-order valence-corrected chi connectivity index (χ3v) is 5.13. The Morgan fingerprint density at radius 3 is 2.53 bits per heavy atom. The molecule has 0 spiro atoms. The van der Waals surface area contributed by atoms with E-state index in [-0.39, 0.29) is 5.69 Å². The number of tetrazole rings is 1. The van der Waals surface area contributed by atoms with Crippen molar-refractivity contribution < 1.29 is 4.74 Å². The molecule has 7 nitrogen and oxygen atoms in total. The van der Waals surface area contributed by atoms with E-state index in [1.165, 1.54) is 9.36 Å². The third kappa shape index (κ3) is 3.84. The highest BCUT2D eigenvalue weighted by molar-refractivity contribution is 6.30. The van der Waals surface area contributed by atoms with E-state index >= 15 is 0 Å². The Balaban J connectivity index is 1.60. The van der Waals surface area contributed by atoms with Crippen LogP contribution in [0.1, 0.15) is 16.7 Å². The third-order valence-electron chi connectivity index (χ3n) is 4.91. The standard InChI is InChI=1S/C22H20ClN5O2/c1-14-5-4-6-20(28-22(29)27(3)25-26-28)18(14)13-30-21-10-7-16(11-15(21)2)19-9-8-17(23)12-24-19/h4-12H,13H2,1-3H3. The van der Waals surface area contributed by atoms with Crippen LogP contribution in [0, 0.1) is 13.8 Å². The summed E-state index contributed by atoms with van der Waals surface area (Å²) in [7, 11) is 1.57. The van der Waals surface area contributed by atoms with Gasteiger partial charge in [0.2, 0.25) is 0 Å². The molecule has 0 fully saturated rings. The molecule has 0 aliphatic heterocycles. The van der Waals surface area contributed by atoms with Crippen LogP contribution < -0.4 is 10.4 Å². The fourth-order valence-electron chi connectivity index (χ4n) is 3.21. The van der Waals surface area contributed by atoms with Gasteiger partial charge in [-0.05, 0) is 71.8 Å². The van der Waals surface area contributed by atoms with Gasteiger partial charge in [-0.2, -0.15) is 9.36 Å². The Hall–Kier alpha value is -3.45. The lowest BCUT2D eigenvalue weighted by molar-refractivity contribution is 0.302. The summed E-state index contributed by atoms with van der Waals surface area (Å²) in [6.45, 7) is 4.26. The molecule has 0 bridgehead atoms. The zero-order chi connectivity index (χ0) is 21.3. The monoisotopic (exact) mass is 421 g/mol. The molecule has 0 saturated carbocycles. The topological polar surface area (TPSA) is 74.8 Å². The van der Waals surface area contributed by atoms with E-state index in [4.69, 9.17) is 16.3 Å². The zero-order valence-electron chi connectivity index (χ0n) is 16.8. The average Bonchev–Trinajstić information content (AvgIpc) is 3.07. The Bertz CT molecular complexity index is 1260. The number of aryl methyl sites for hydroxylation is 3. The van der Waals surface area contributed by atoms with Crippen LogP contribution in [0.3, 0.4) is 0 Å². The summed E-state index contributed by atoms with van der Waals surface area (Å²) in [5.74, 6) is 0.758. The molecule has 8 heteroatoms. The van der Waals surface area contributed by atoms with E-state index in [0.717, 1.165) is 33.7 Å². The number of hydrogen-bond acceptors (Lipinski definition) is 5. The van der Waals surface area contributed by atoms with Crippen LogP contribution in [0.4, 0.5) is 0 Å². The lowest BCUT2D eigenvalue weighted by Gasteiger charge is -2.15. The van der Waals surface area contributed by atoms with Crippen LogP contribution in [-0.2, 0) is 13.7 Å². The molecule has 0 N–H and O–H groups in total. The minimum Gasteiger partial charge on any atom is -0.489 e. The van der Waals surface area contributed by atoms with E-state index in [1.807, 2.05) is 62.4 Å². The molecule has 0 amide bonds. The van der Waals surface area contributed by atoms with Crippen molar-refractivity contribution in [3.63, 3.8) is 0 Å². The van der Waals surface area contributed by atoms with Gasteiger partial charge in [0.05, 0.1) is 16.4 Å². The second-order valence-electron chi connectivity index (χ2n) is 7.00. The fraction of sp³-hybridized carbons (Fsp3) is 0.182. The first kappa shape index (κ1) is 19.8. The van der Waals surface area contributed by atoms with Crippen molar-refractivity contribution in [1.29, 1.82) is 0 Å². The van der Waals surface area contributed by atoms with E-state index < -0.39 is 0 Å². The lowest BCUT2D eigenvalue weighted by atomic mass is 10.1. The highest BCUT2D eigenvalue weighted by Crippen LogP contribution is 2.27. The van der Waals surface area contributed by atoms with Crippen LogP contribution >= 0.6 is 11.6 Å². The number of halogens is 1. The summed E-state index contributed by atoms with van der Waals surface area (Å²) in [6.07, 6.45) is 1.63. The van der Waals surface area contributed by atoms with Gasteiger partial charge in [0.15, 0.2) is 0 Å². The maximum atomic E-state index is 12.3. The van der Waals surface area contributed by atoms with Crippen LogP contribution in [0.5, 0.6) is 5.75 Å². The first-order valence-corrected chi connectivity index (χ1v) is 9.75. The van der Waals surface area contributed by atoms with Gasteiger partial charge in [-0.1, -0.05) is 23.7 Å². The van der Waals surface area contributed by atoms with Gasteiger partial charge in [-0.25, -0.2) is 4.79 Å². The normalized spacial score (nSPS) is 10.9. The molecule has 152 valence electrons. The largest absolute Gasteiger partial charge is 0.489 e. The van der Waals surface area contributed by atoms with Gasteiger partial charge in [-0.3, -0.25) is 4.98 Å². The molecule has 0 saturated heterocycles. The quantitative estimate of drug-likeness (QED) is 0.489. The number of rotatable bonds is 5. The van der Waals surface area contributed by atoms with Gasteiger partial charge in [-0.15, -0.1) is 0 Å². The second-order valence-corrected chi connectivity index (χ2v) is 7.44. The second kappa shape index (κ2) is 8.12. The summed E-state index contributed by atoms with van der Waals surface area (Å²) in [5, 5.41) is 8.36. The van der Waals surface area contributed by atoms with Crippen molar-refractivity contribution in [2.75, 3.05) is 0 Å². The maximum absolute atomic E-state index is 12.3. The SMILES string of the molecule is Cc1cc(-c2ccc(Cl)cn2)ccc1OCc1c(C)cccc1-n1nnn(C)c1=O. The van der Waals surface area contributed by atoms with Crippen molar-refractivity contribution >= 4 is 11.6 Å². The summed E-state index contributed by atoms with van der Waals surface area (Å²) in [5.41, 5.74) is 5.05. The highest BCUT2D eigenvalue weighted by Gasteiger charge is 2.14. The Kier molecular flexibility index (Phi) is 5.37. The number of benzene rings is 2. The lowest BCUT2D eigenvalue weighted by Crippen LogP contribution is -2.23. The number of nitrogens with zero attached hydrogens (tertiary/aromatic N) is 5. The Morgan fingerprint density at radius 1 is 1.03 bits per heavy atom. The smallest absolute Gasteiger partial charge is 0.368 e. The van der Waals surface area contributed by atoms with Crippen molar-refractivity contribution in [3.8, 4) is 22.7 Å². The maximum Gasteiger partial charge on any atom is 0.368 e. The molecule has 0 atom stereocenters. The molecule has 30 heavy (non-hydrogen) atoms. The number of aromatic nitrogens is 5. The molecule has 0 radical (unpaired) electrons. The summed E-state index contributed by atoms with van der Waals surface area (Å²) < 4.78 is 8.59. The van der Waals surface area contributed by atoms with Gasteiger partial charge in [0.1, 0.15) is 12.4 Å². The van der Waals surface area contributed by atoms with Crippen LogP contribution in [0.25, 0.3) is 16.9 Å². The van der Waals surface area contributed by atoms with Gasteiger partial charge >= 0.3 is 5.69 Å². The van der Waals surface area contributed by atoms with Crippen LogP contribution in [0.2, 0.25) is 5.02 Å². The summed E-state index contributed by atoms with van der Waals surface area (Å²) in [4.78, 5) is 16.7. The summed E-state index contributed by atoms with van der Waals surface area (Å²) >= 11 is 5.92. The van der Waals surface area contributed by atoms with Crippen molar-refractivity contribution in [3.05, 3.63) is 86.9 Å². The first-order valence-electron chi connectivity index (χ1n) is 9.37. The number of ether oxygens (including phenoxy) is 1. The molecule has 2 aromatic heterocycles. The molecule has 4 rings (SSSR count). The summed E-state index contributed by atoms with van der Waals surface area (Å²) in [6, 6.07) is 15.3. The number of hydrogen-bond donors (Lipinski definition) is 0. The van der Waals surface area contributed by atoms with E-state index in [9.17, 15) is 4.79 Å². The molecule has 2 heterocycles. The minimum absolute atomic E-state index is 0.296. The average molecular weight is 422 g/mol. The van der Waals surface area contributed by atoms with Crippen LogP contribution in [0.15, 0.2) is 59.5 Å². The molecule has 2 aromatic carbocycles. The molecular weight excluding hydrogens is 402 g/mol. The van der Waals surface area contributed by atoms with Gasteiger partial charge in [0.25, 0.3) is 0 Å². The van der Waals surface area contributed by atoms with Crippen molar-refractivity contribution in [1.82, 2.24) is 24.8 Å². The van der Waals surface area contributed by atoms with Gasteiger partial charge in [0, 0.05) is 24.4 Å². The Labute approximate surface area is 178 Å². The Morgan fingerprint density at radius 2 is 1.87 bits per heavy atom. The van der Waals surface area contributed by atoms with E-state index in [2.05, 4.69) is 15.4 Å². The minimum atomic E-state index is -0.308. The predicted molar refractivity (Wildman–Crippen MR) is 115 cm³/mol. The van der Waals surface area contributed by atoms with Crippen molar-refractivity contribution in [2.45, 2.75) is 20.5 Å². The van der Waals surface area contributed by atoms with E-state index in [0.29, 0.717) is 17.3 Å².